The van der Waals surface area contributed by atoms with Crippen LogP contribution in [0.1, 0.15) is 39.7 Å². The van der Waals surface area contributed by atoms with Crippen molar-refractivity contribution in [2.75, 3.05) is 6.54 Å². The lowest BCUT2D eigenvalue weighted by molar-refractivity contribution is -0.142. The first-order chi connectivity index (χ1) is 14.5. The van der Waals surface area contributed by atoms with Gasteiger partial charge in [0.2, 0.25) is 17.7 Å². The number of carbonyl (C=O) groups is 4. The van der Waals surface area contributed by atoms with E-state index in [1.807, 2.05) is 19.9 Å². The fourth-order valence-corrected chi connectivity index (χ4v) is 2.86. The molecule has 3 amide bonds. The van der Waals surface area contributed by atoms with Gasteiger partial charge in [-0.05, 0) is 23.8 Å². The Kier molecular flexibility index (Phi) is 10.7. The van der Waals surface area contributed by atoms with Gasteiger partial charge in [-0.2, -0.15) is 0 Å². The van der Waals surface area contributed by atoms with Crippen LogP contribution < -0.4 is 21.7 Å². The van der Waals surface area contributed by atoms with Gasteiger partial charge in [-0.1, -0.05) is 58.0 Å². The van der Waals surface area contributed by atoms with Crippen molar-refractivity contribution in [2.45, 2.75) is 58.7 Å². The van der Waals surface area contributed by atoms with E-state index in [-0.39, 0.29) is 24.8 Å². The van der Waals surface area contributed by atoms with Gasteiger partial charge in [-0.3, -0.25) is 14.4 Å². The van der Waals surface area contributed by atoms with E-state index in [9.17, 15) is 24.3 Å². The van der Waals surface area contributed by atoms with E-state index >= 15 is 0 Å². The Hall–Kier alpha value is -2.94. The summed E-state index contributed by atoms with van der Waals surface area (Å²) in [6.07, 6.45) is 0.433. The minimum Gasteiger partial charge on any atom is -0.480 e. The molecule has 9 nitrogen and oxygen atoms in total. The molecule has 9 heteroatoms. The number of amides is 3. The number of rotatable bonds is 12. The quantitative estimate of drug-likeness (QED) is 0.322. The predicted molar refractivity (Wildman–Crippen MR) is 117 cm³/mol. The summed E-state index contributed by atoms with van der Waals surface area (Å²) in [4.78, 5) is 48.6. The summed E-state index contributed by atoms with van der Waals surface area (Å²) in [6.45, 7) is 7.03. The van der Waals surface area contributed by atoms with Crippen LogP contribution in [0.2, 0.25) is 0 Å². The maximum atomic E-state index is 12.8. The van der Waals surface area contributed by atoms with Gasteiger partial charge < -0.3 is 26.8 Å². The van der Waals surface area contributed by atoms with Crippen LogP contribution in [0.25, 0.3) is 0 Å². The van der Waals surface area contributed by atoms with Crippen LogP contribution in [-0.2, 0) is 25.6 Å². The first kappa shape index (κ1) is 26.1. The van der Waals surface area contributed by atoms with Gasteiger partial charge in [0, 0.05) is 6.42 Å². The van der Waals surface area contributed by atoms with E-state index < -0.39 is 41.8 Å². The van der Waals surface area contributed by atoms with Gasteiger partial charge in [0.25, 0.3) is 0 Å². The number of aliphatic carboxylic acids is 1. The summed E-state index contributed by atoms with van der Waals surface area (Å²) in [5.41, 5.74) is 6.51. The van der Waals surface area contributed by atoms with Crippen LogP contribution >= 0.6 is 0 Å². The highest BCUT2D eigenvalue weighted by atomic mass is 16.4. The molecule has 0 heterocycles. The van der Waals surface area contributed by atoms with Crippen LogP contribution in [0, 0.1) is 11.8 Å². The van der Waals surface area contributed by atoms with Crippen LogP contribution in [0.3, 0.4) is 0 Å². The first-order valence-corrected chi connectivity index (χ1v) is 10.4. The SMILES string of the molecule is CC(C)CC(NC(=O)CNC(=O)C(N)C(C)C)C(=O)NC(Cc1ccccc1)C(=O)O. The molecule has 0 saturated carbocycles. The number of hydrogen-bond acceptors (Lipinski definition) is 5. The van der Waals surface area contributed by atoms with Crippen molar-refractivity contribution in [3.63, 3.8) is 0 Å². The lowest BCUT2D eigenvalue weighted by Crippen LogP contribution is -2.54. The molecule has 1 aromatic rings. The number of nitrogens with two attached hydrogens (primary N) is 1. The van der Waals surface area contributed by atoms with Crippen molar-refractivity contribution in [1.29, 1.82) is 0 Å². The highest BCUT2D eigenvalue weighted by Gasteiger charge is 2.27. The molecule has 0 aliphatic carbocycles. The summed E-state index contributed by atoms with van der Waals surface area (Å²) in [5.74, 6) is -2.78. The third kappa shape index (κ3) is 9.61. The highest BCUT2D eigenvalue weighted by molar-refractivity contribution is 5.92. The second-order valence-electron chi connectivity index (χ2n) is 8.33. The normalized spacial score (nSPS) is 13.9. The van der Waals surface area contributed by atoms with E-state index in [0.29, 0.717) is 6.42 Å². The first-order valence-electron chi connectivity index (χ1n) is 10.4. The van der Waals surface area contributed by atoms with Crippen molar-refractivity contribution < 1.29 is 24.3 Å². The number of nitrogens with one attached hydrogen (secondary N) is 3. The minimum absolute atomic E-state index is 0.0670. The molecule has 0 bridgehead atoms. The molecule has 0 saturated heterocycles. The van der Waals surface area contributed by atoms with Crippen molar-refractivity contribution >= 4 is 23.7 Å². The highest BCUT2D eigenvalue weighted by Crippen LogP contribution is 2.08. The smallest absolute Gasteiger partial charge is 0.326 e. The summed E-state index contributed by atoms with van der Waals surface area (Å²) >= 11 is 0. The Morgan fingerprint density at radius 3 is 2.06 bits per heavy atom. The van der Waals surface area contributed by atoms with Gasteiger partial charge in [0.15, 0.2) is 0 Å². The molecule has 0 aromatic heterocycles. The zero-order valence-electron chi connectivity index (χ0n) is 18.6. The molecule has 31 heavy (non-hydrogen) atoms. The molecular formula is C22H34N4O5. The van der Waals surface area contributed by atoms with E-state index in [4.69, 9.17) is 5.73 Å². The van der Waals surface area contributed by atoms with Crippen LogP contribution in [0.15, 0.2) is 30.3 Å². The number of carboxylic acids is 1. The molecule has 0 aliphatic rings. The second-order valence-corrected chi connectivity index (χ2v) is 8.33. The zero-order chi connectivity index (χ0) is 23.6. The summed E-state index contributed by atoms with van der Waals surface area (Å²) in [7, 11) is 0. The minimum atomic E-state index is -1.17. The Balaban J connectivity index is 2.75. The van der Waals surface area contributed by atoms with Crippen molar-refractivity contribution in [2.24, 2.45) is 17.6 Å². The monoisotopic (exact) mass is 434 g/mol. The van der Waals surface area contributed by atoms with Crippen molar-refractivity contribution in [3.05, 3.63) is 35.9 Å². The Labute approximate surface area is 183 Å². The predicted octanol–water partition coefficient (Wildman–Crippen LogP) is 0.429. The van der Waals surface area contributed by atoms with E-state index in [2.05, 4.69) is 16.0 Å². The summed E-state index contributed by atoms with van der Waals surface area (Å²) < 4.78 is 0. The fraction of sp³-hybridized carbons (Fsp3) is 0.545. The van der Waals surface area contributed by atoms with Gasteiger partial charge in [0.1, 0.15) is 12.1 Å². The average Bonchev–Trinajstić information content (AvgIpc) is 2.70. The standard InChI is InChI=1S/C22H34N4O5/c1-13(2)10-16(25-18(27)12-24-21(29)19(23)14(3)4)20(28)26-17(22(30)31)11-15-8-6-5-7-9-15/h5-9,13-14,16-17,19H,10-12,23H2,1-4H3,(H,24,29)(H,25,27)(H,26,28)(H,30,31). The van der Waals surface area contributed by atoms with E-state index in [0.717, 1.165) is 5.56 Å². The van der Waals surface area contributed by atoms with Crippen LogP contribution in [-0.4, -0.2) is 53.5 Å². The van der Waals surface area contributed by atoms with E-state index in [1.54, 1.807) is 38.1 Å². The second kappa shape index (κ2) is 12.7. The third-order valence-corrected chi connectivity index (χ3v) is 4.70. The Bertz CT molecular complexity index is 752. The Morgan fingerprint density at radius 2 is 1.55 bits per heavy atom. The molecule has 3 unspecified atom stereocenters. The number of hydrogen-bond donors (Lipinski definition) is 5. The molecule has 0 fully saturated rings. The summed E-state index contributed by atoms with van der Waals surface area (Å²) in [6, 6.07) is 6.15. The summed E-state index contributed by atoms with van der Waals surface area (Å²) in [5, 5.41) is 17.1. The van der Waals surface area contributed by atoms with Gasteiger partial charge in [0.05, 0.1) is 12.6 Å². The largest absolute Gasteiger partial charge is 0.480 e. The van der Waals surface area contributed by atoms with Gasteiger partial charge in [-0.25, -0.2) is 4.79 Å². The lowest BCUT2D eigenvalue weighted by Gasteiger charge is -2.23. The van der Waals surface area contributed by atoms with Crippen LogP contribution in [0.5, 0.6) is 0 Å². The van der Waals surface area contributed by atoms with Gasteiger partial charge in [-0.15, -0.1) is 0 Å². The fourth-order valence-electron chi connectivity index (χ4n) is 2.86. The van der Waals surface area contributed by atoms with Crippen LogP contribution in [0.4, 0.5) is 0 Å². The molecule has 0 aliphatic heterocycles. The third-order valence-electron chi connectivity index (χ3n) is 4.70. The molecular weight excluding hydrogens is 400 g/mol. The Morgan fingerprint density at radius 1 is 0.935 bits per heavy atom. The van der Waals surface area contributed by atoms with Crippen molar-refractivity contribution in [3.8, 4) is 0 Å². The number of carboxylic acid groups (broad SMARTS) is 1. The molecule has 1 aromatic carbocycles. The maximum Gasteiger partial charge on any atom is 0.326 e. The molecule has 0 spiro atoms. The zero-order valence-corrected chi connectivity index (χ0v) is 18.6. The topological polar surface area (TPSA) is 151 Å². The molecule has 172 valence electrons. The molecule has 1 rings (SSSR count). The molecule has 6 N–H and O–H groups in total. The van der Waals surface area contributed by atoms with Crippen molar-refractivity contribution in [1.82, 2.24) is 16.0 Å². The number of carbonyl (C=O) groups excluding carboxylic acids is 3. The molecule has 0 radical (unpaired) electrons. The van der Waals surface area contributed by atoms with Gasteiger partial charge >= 0.3 is 5.97 Å². The lowest BCUT2D eigenvalue weighted by atomic mass is 10.0. The molecule has 3 atom stereocenters. The average molecular weight is 435 g/mol. The van der Waals surface area contributed by atoms with E-state index in [1.165, 1.54) is 0 Å². The number of benzene rings is 1. The maximum absolute atomic E-state index is 12.8.